The normalized spacial score (nSPS) is 11.5. The first-order valence-electron chi connectivity index (χ1n) is 5.46. The molecule has 0 aromatic rings. The molecule has 0 rings (SSSR count). The Morgan fingerprint density at radius 3 is 2.31 bits per heavy atom. The molecule has 0 saturated carbocycles. The lowest BCUT2D eigenvalue weighted by molar-refractivity contribution is 0.304. The van der Waals surface area contributed by atoms with E-state index in [0.717, 1.165) is 11.7 Å². The molecule has 0 bridgehead atoms. The maximum absolute atomic E-state index is 4.20. The van der Waals surface area contributed by atoms with Gasteiger partial charge in [-0.05, 0) is 51.1 Å². The molecule has 0 N–H and O–H groups in total. The Balaban J connectivity index is 3.15. The summed E-state index contributed by atoms with van der Waals surface area (Å²) in [6.45, 7) is 7.07. The average molecular weight is 203 g/mol. The number of thiol groups is 1. The van der Waals surface area contributed by atoms with Crippen molar-refractivity contribution in [2.24, 2.45) is 5.92 Å². The van der Waals surface area contributed by atoms with Gasteiger partial charge in [0.1, 0.15) is 0 Å². The maximum Gasteiger partial charge on any atom is -0.00194 e. The standard InChI is InChI=1S/C11H25NS/c1-11(2)7-9-12(3)8-5-4-6-10-13/h11,13H,4-10H2,1-3H3. The smallest absolute Gasteiger partial charge is 0.00194 e. The number of unbranched alkanes of at least 4 members (excludes halogenated alkanes) is 2. The van der Waals surface area contributed by atoms with Gasteiger partial charge in [-0.15, -0.1) is 0 Å². The summed E-state index contributed by atoms with van der Waals surface area (Å²) >= 11 is 4.20. The predicted octanol–water partition coefficient (Wildman–Crippen LogP) is 3.06. The molecule has 1 nitrogen and oxygen atoms in total. The molecule has 13 heavy (non-hydrogen) atoms. The average Bonchev–Trinajstić information content (AvgIpc) is 2.09. The van der Waals surface area contributed by atoms with Crippen LogP contribution in [0.25, 0.3) is 0 Å². The van der Waals surface area contributed by atoms with Crippen LogP contribution in [0.3, 0.4) is 0 Å². The molecule has 0 aromatic carbocycles. The van der Waals surface area contributed by atoms with Crippen LogP contribution in [-0.2, 0) is 0 Å². The molecule has 0 aromatic heterocycles. The van der Waals surface area contributed by atoms with E-state index < -0.39 is 0 Å². The van der Waals surface area contributed by atoms with Crippen molar-refractivity contribution in [3.8, 4) is 0 Å². The van der Waals surface area contributed by atoms with Gasteiger partial charge in [0, 0.05) is 0 Å². The van der Waals surface area contributed by atoms with E-state index in [4.69, 9.17) is 0 Å². The minimum absolute atomic E-state index is 0.833. The summed E-state index contributed by atoms with van der Waals surface area (Å²) in [4.78, 5) is 2.44. The molecule has 0 aliphatic rings. The highest BCUT2D eigenvalue weighted by molar-refractivity contribution is 7.80. The Labute approximate surface area is 89.3 Å². The van der Waals surface area contributed by atoms with Crippen LogP contribution in [0.15, 0.2) is 0 Å². The molecule has 0 fully saturated rings. The first kappa shape index (κ1) is 13.3. The summed E-state index contributed by atoms with van der Waals surface area (Å²) in [6, 6.07) is 0. The number of nitrogens with zero attached hydrogens (tertiary/aromatic N) is 1. The lowest BCUT2D eigenvalue weighted by Gasteiger charge is -2.17. The van der Waals surface area contributed by atoms with Gasteiger partial charge in [0.15, 0.2) is 0 Å². The van der Waals surface area contributed by atoms with Crippen LogP contribution < -0.4 is 0 Å². The molecule has 80 valence electrons. The van der Waals surface area contributed by atoms with E-state index in [9.17, 15) is 0 Å². The quantitative estimate of drug-likeness (QED) is 0.469. The third-order valence-corrected chi connectivity index (χ3v) is 2.60. The summed E-state index contributed by atoms with van der Waals surface area (Å²) in [7, 11) is 2.23. The summed E-state index contributed by atoms with van der Waals surface area (Å²) in [5.74, 6) is 1.87. The molecule has 0 aliphatic heterocycles. The van der Waals surface area contributed by atoms with Crippen molar-refractivity contribution < 1.29 is 0 Å². The molecule has 0 spiro atoms. The van der Waals surface area contributed by atoms with E-state index in [-0.39, 0.29) is 0 Å². The summed E-state index contributed by atoms with van der Waals surface area (Å²) in [5.41, 5.74) is 0. The third-order valence-electron chi connectivity index (χ3n) is 2.29. The maximum atomic E-state index is 4.20. The molecule has 0 amide bonds. The largest absolute Gasteiger partial charge is 0.306 e. The number of hydrogen-bond acceptors (Lipinski definition) is 2. The first-order chi connectivity index (χ1) is 6.16. The zero-order chi connectivity index (χ0) is 10.1. The van der Waals surface area contributed by atoms with Crippen LogP contribution in [0.1, 0.15) is 39.5 Å². The lowest BCUT2D eigenvalue weighted by Crippen LogP contribution is -2.22. The van der Waals surface area contributed by atoms with Crippen LogP contribution in [0.2, 0.25) is 0 Å². The second-order valence-electron chi connectivity index (χ2n) is 4.27. The molecule has 2 heteroatoms. The molecule has 0 radical (unpaired) electrons. The molecule has 0 atom stereocenters. The van der Waals surface area contributed by atoms with Crippen molar-refractivity contribution in [1.82, 2.24) is 4.90 Å². The fourth-order valence-corrected chi connectivity index (χ4v) is 1.48. The van der Waals surface area contributed by atoms with Crippen LogP contribution in [0, 0.1) is 5.92 Å². The van der Waals surface area contributed by atoms with Gasteiger partial charge in [-0.1, -0.05) is 20.3 Å². The van der Waals surface area contributed by atoms with E-state index >= 15 is 0 Å². The molecule has 0 saturated heterocycles. The van der Waals surface area contributed by atoms with Crippen molar-refractivity contribution >= 4 is 12.6 Å². The van der Waals surface area contributed by atoms with Gasteiger partial charge in [0.05, 0.1) is 0 Å². The van der Waals surface area contributed by atoms with Crippen molar-refractivity contribution in [2.45, 2.75) is 39.5 Å². The fourth-order valence-electron chi connectivity index (χ4n) is 1.26. The van der Waals surface area contributed by atoms with Crippen molar-refractivity contribution in [2.75, 3.05) is 25.9 Å². The van der Waals surface area contributed by atoms with Crippen molar-refractivity contribution in [3.05, 3.63) is 0 Å². The van der Waals surface area contributed by atoms with Gasteiger partial charge in [-0.3, -0.25) is 0 Å². The van der Waals surface area contributed by atoms with Crippen molar-refractivity contribution in [3.63, 3.8) is 0 Å². The number of hydrogen-bond donors (Lipinski definition) is 1. The highest BCUT2D eigenvalue weighted by Gasteiger charge is 1.99. The number of rotatable bonds is 8. The van der Waals surface area contributed by atoms with E-state index in [1.807, 2.05) is 0 Å². The van der Waals surface area contributed by atoms with Crippen LogP contribution >= 0.6 is 12.6 Å². The molecule has 0 heterocycles. The van der Waals surface area contributed by atoms with Gasteiger partial charge in [-0.2, -0.15) is 12.6 Å². The Morgan fingerprint density at radius 2 is 1.77 bits per heavy atom. The molecular weight excluding hydrogens is 178 g/mol. The highest BCUT2D eigenvalue weighted by atomic mass is 32.1. The Kier molecular flexibility index (Phi) is 9.10. The van der Waals surface area contributed by atoms with Crippen LogP contribution in [0.5, 0.6) is 0 Å². The van der Waals surface area contributed by atoms with E-state index in [1.165, 1.54) is 38.8 Å². The second-order valence-corrected chi connectivity index (χ2v) is 4.72. The zero-order valence-electron chi connectivity index (χ0n) is 9.42. The predicted molar refractivity (Wildman–Crippen MR) is 64.7 cm³/mol. The van der Waals surface area contributed by atoms with Gasteiger partial charge < -0.3 is 4.90 Å². The van der Waals surface area contributed by atoms with E-state index in [2.05, 4.69) is 38.4 Å². The minimum atomic E-state index is 0.833. The topological polar surface area (TPSA) is 3.24 Å². The van der Waals surface area contributed by atoms with Gasteiger partial charge >= 0.3 is 0 Å². The Morgan fingerprint density at radius 1 is 1.08 bits per heavy atom. The highest BCUT2D eigenvalue weighted by Crippen LogP contribution is 2.03. The summed E-state index contributed by atoms with van der Waals surface area (Å²) < 4.78 is 0. The minimum Gasteiger partial charge on any atom is -0.306 e. The van der Waals surface area contributed by atoms with E-state index in [1.54, 1.807) is 0 Å². The van der Waals surface area contributed by atoms with Crippen LogP contribution in [0.4, 0.5) is 0 Å². The summed E-state index contributed by atoms with van der Waals surface area (Å²) in [6.07, 6.45) is 5.24. The first-order valence-corrected chi connectivity index (χ1v) is 6.09. The molecule has 0 unspecified atom stereocenters. The van der Waals surface area contributed by atoms with Gasteiger partial charge in [0.25, 0.3) is 0 Å². The third kappa shape index (κ3) is 10.2. The summed E-state index contributed by atoms with van der Waals surface area (Å²) in [5, 5.41) is 0. The Hall–Kier alpha value is 0.310. The second kappa shape index (κ2) is 8.89. The molecule has 0 aliphatic carbocycles. The fraction of sp³-hybridized carbons (Fsp3) is 1.00. The Bertz CT molecular complexity index is 104. The van der Waals surface area contributed by atoms with Gasteiger partial charge in [0.2, 0.25) is 0 Å². The SMILES string of the molecule is CC(C)CCN(C)CCCCCS. The van der Waals surface area contributed by atoms with Crippen molar-refractivity contribution in [1.29, 1.82) is 0 Å². The van der Waals surface area contributed by atoms with Crippen LogP contribution in [-0.4, -0.2) is 30.8 Å². The van der Waals surface area contributed by atoms with E-state index in [0.29, 0.717) is 0 Å². The zero-order valence-corrected chi connectivity index (χ0v) is 10.3. The lowest BCUT2D eigenvalue weighted by atomic mass is 10.1. The monoisotopic (exact) mass is 203 g/mol. The van der Waals surface area contributed by atoms with Gasteiger partial charge in [-0.25, -0.2) is 0 Å². The molecular formula is C11H25NS.